The average Bonchev–Trinajstić information content (AvgIpc) is 3.21. The molecule has 4 nitrogen and oxygen atoms in total. The summed E-state index contributed by atoms with van der Waals surface area (Å²) in [5.74, 6) is -0.0924. The Morgan fingerprint density at radius 3 is 2.68 bits per heavy atom. The van der Waals surface area contributed by atoms with Crippen LogP contribution < -0.4 is 5.32 Å². The molecular weight excluding hydrogens is 247 g/mol. The summed E-state index contributed by atoms with van der Waals surface area (Å²) in [5.41, 5.74) is 0.375. The molecule has 1 saturated carbocycles. The zero-order valence-corrected chi connectivity index (χ0v) is 10.9. The van der Waals surface area contributed by atoms with Crippen molar-refractivity contribution in [3.8, 4) is 0 Å². The van der Waals surface area contributed by atoms with Gasteiger partial charge in [0.25, 0.3) is 11.9 Å². The van der Waals surface area contributed by atoms with E-state index in [1.165, 1.54) is 37.1 Å². The number of hydrogen-bond donors (Lipinski definition) is 1. The first-order chi connectivity index (χ1) is 9.19. The molecule has 0 bridgehead atoms. The van der Waals surface area contributed by atoms with Gasteiger partial charge in [-0.2, -0.15) is 0 Å². The SMILES string of the molecule is CCOC(=NCC1CC1)NC(=O)c1ccc(F)cc1. The highest BCUT2D eigenvalue weighted by molar-refractivity contribution is 6.04. The van der Waals surface area contributed by atoms with Gasteiger partial charge in [0.1, 0.15) is 5.82 Å². The summed E-state index contributed by atoms with van der Waals surface area (Å²) in [7, 11) is 0. The van der Waals surface area contributed by atoms with Crippen molar-refractivity contribution in [2.24, 2.45) is 10.9 Å². The van der Waals surface area contributed by atoms with Crippen LogP contribution in [0.3, 0.4) is 0 Å². The first kappa shape index (κ1) is 13.5. The lowest BCUT2D eigenvalue weighted by atomic mass is 10.2. The van der Waals surface area contributed by atoms with Crippen LogP contribution >= 0.6 is 0 Å². The van der Waals surface area contributed by atoms with E-state index in [1.54, 1.807) is 0 Å². The van der Waals surface area contributed by atoms with Crippen LogP contribution in [-0.4, -0.2) is 25.1 Å². The molecule has 1 aromatic carbocycles. The highest BCUT2D eigenvalue weighted by atomic mass is 19.1. The third kappa shape index (κ3) is 4.35. The van der Waals surface area contributed by atoms with Crippen molar-refractivity contribution >= 4 is 11.9 Å². The lowest BCUT2D eigenvalue weighted by Gasteiger charge is -2.09. The molecular formula is C14H17FN2O2. The number of nitrogens with zero attached hydrogens (tertiary/aromatic N) is 1. The van der Waals surface area contributed by atoms with Crippen molar-refractivity contribution in [1.29, 1.82) is 0 Å². The quantitative estimate of drug-likeness (QED) is 0.670. The summed E-state index contributed by atoms with van der Waals surface area (Å²) in [6, 6.07) is 5.58. The molecule has 0 aliphatic heterocycles. The van der Waals surface area contributed by atoms with E-state index in [9.17, 15) is 9.18 Å². The summed E-state index contributed by atoms with van der Waals surface area (Å²) in [6.45, 7) is 2.95. The van der Waals surface area contributed by atoms with E-state index >= 15 is 0 Å². The molecule has 0 heterocycles. The number of rotatable bonds is 4. The Morgan fingerprint density at radius 1 is 1.42 bits per heavy atom. The second-order valence-corrected chi connectivity index (χ2v) is 4.48. The monoisotopic (exact) mass is 264 g/mol. The molecule has 2 rings (SSSR count). The van der Waals surface area contributed by atoms with Crippen LogP contribution in [0, 0.1) is 11.7 Å². The van der Waals surface area contributed by atoms with Crippen molar-refractivity contribution < 1.29 is 13.9 Å². The summed E-state index contributed by atoms with van der Waals surface area (Å²) in [6.07, 6.45) is 2.38. The molecule has 1 aliphatic rings. The van der Waals surface area contributed by atoms with Gasteiger partial charge >= 0.3 is 0 Å². The van der Waals surface area contributed by atoms with E-state index in [4.69, 9.17) is 4.74 Å². The third-order valence-corrected chi connectivity index (χ3v) is 2.80. The van der Waals surface area contributed by atoms with Crippen molar-refractivity contribution in [3.63, 3.8) is 0 Å². The van der Waals surface area contributed by atoms with E-state index in [1.807, 2.05) is 6.92 Å². The standard InChI is InChI=1S/C14H17FN2O2/c1-2-19-14(16-9-10-3-4-10)17-13(18)11-5-7-12(15)8-6-11/h5-8,10H,2-4,9H2,1H3,(H,16,17,18). The number of amidine groups is 1. The van der Waals surface area contributed by atoms with E-state index in [0.29, 0.717) is 24.6 Å². The Hall–Kier alpha value is -1.91. The van der Waals surface area contributed by atoms with Crippen molar-refractivity contribution in [3.05, 3.63) is 35.6 Å². The second kappa shape index (κ2) is 6.31. The largest absolute Gasteiger partial charge is 0.465 e. The molecule has 1 aliphatic carbocycles. The Kier molecular flexibility index (Phi) is 4.49. The zero-order chi connectivity index (χ0) is 13.7. The Bertz CT molecular complexity index is 467. The van der Waals surface area contributed by atoms with Crippen LogP contribution in [0.15, 0.2) is 29.3 Å². The van der Waals surface area contributed by atoms with Gasteiger partial charge in [0, 0.05) is 12.1 Å². The normalized spacial score (nSPS) is 15.2. The highest BCUT2D eigenvalue weighted by Crippen LogP contribution is 2.28. The highest BCUT2D eigenvalue weighted by Gasteiger charge is 2.21. The number of aliphatic imine (C=N–C) groups is 1. The second-order valence-electron chi connectivity index (χ2n) is 4.48. The maximum absolute atomic E-state index is 12.8. The number of benzene rings is 1. The van der Waals surface area contributed by atoms with Gasteiger partial charge in [0.05, 0.1) is 6.61 Å². The molecule has 5 heteroatoms. The molecule has 102 valence electrons. The van der Waals surface area contributed by atoms with Gasteiger partial charge in [-0.3, -0.25) is 10.1 Å². The number of carbonyl (C=O) groups excluding carboxylic acids is 1. The summed E-state index contributed by atoms with van der Waals surface area (Å²) in [4.78, 5) is 16.2. The number of halogens is 1. The lowest BCUT2D eigenvalue weighted by Crippen LogP contribution is -2.32. The minimum atomic E-state index is -0.371. The van der Waals surface area contributed by atoms with Gasteiger partial charge in [-0.05, 0) is 49.9 Å². The van der Waals surface area contributed by atoms with Gasteiger partial charge < -0.3 is 4.74 Å². The van der Waals surface area contributed by atoms with Crippen molar-refractivity contribution in [2.45, 2.75) is 19.8 Å². The molecule has 0 saturated heterocycles. The fourth-order valence-corrected chi connectivity index (χ4v) is 1.54. The van der Waals surface area contributed by atoms with Crippen LogP contribution in [0.4, 0.5) is 4.39 Å². The van der Waals surface area contributed by atoms with Gasteiger partial charge in [-0.1, -0.05) is 0 Å². The Balaban J connectivity index is 1.96. The average molecular weight is 264 g/mol. The molecule has 0 atom stereocenters. The maximum atomic E-state index is 12.8. The molecule has 0 unspecified atom stereocenters. The van der Waals surface area contributed by atoms with E-state index in [0.717, 1.165) is 0 Å². The molecule has 0 spiro atoms. The zero-order valence-electron chi connectivity index (χ0n) is 10.9. The topological polar surface area (TPSA) is 50.7 Å². The van der Waals surface area contributed by atoms with E-state index in [-0.39, 0.29) is 17.7 Å². The van der Waals surface area contributed by atoms with Gasteiger partial charge in [-0.15, -0.1) is 0 Å². The van der Waals surface area contributed by atoms with Crippen molar-refractivity contribution in [1.82, 2.24) is 5.32 Å². The molecule has 1 aromatic rings. The van der Waals surface area contributed by atoms with E-state index < -0.39 is 0 Å². The minimum Gasteiger partial charge on any atom is -0.465 e. The number of ether oxygens (including phenoxy) is 1. The molecule has 1 fully saturated rings. The maximum Gasteiger partial charge on any atom is 0.291 e. The number of hydrogen-bond acceptors (Lipinski definition) is 3. The number of carbonyl (C=O) groups is 1. The van der Waals surface area contributed by atoms with Gasteiger partial charge in [-0.25, -0.2) is 9.38 Å². The van der Waals surface area contributed by atoms with Crippen LogP contribution in [0.2, 0.25) is 0 Å². The minimum absolute atomic E-state index is 0.240. The third-order valence-electron chi connectivity index (χ3n) is 2.80. The first-order valence-electron chi connectivity index (χ1n) is 6.43. The smallest absolute Gasteiger partial charge is 0.291 e. The lowest BCUT2D eigenvalue weighted by molar-refractivity contribution is 0.0966. The summed E-state index contributed by atoms with van der Waals surface area (Å²) < 4.78 is 18.0. The Labute approximate surface area is 111 Å². The van der Waals surface area contributed by atoms with Crippen LogP contribution in [0.5, 0.6) is 0 Å². The summed E-state index contributed by atoms with van der Waals surface area (Å²) >= 11 is 0. The fraction of sp³-hybridized carbons (Fsp3) is 0.429. The number of amides is 1. The van der Waals surface area contributed by atoms with Crippen LogP contribution in [0.1, 0.15) is 30.1 Å². The Morgan fingerprint density at radius 2 is 2.11 bits per heavy atom. The predicted molar refractivity (Wildman–Crippen MR) is 70.5 cm³/mol. The molecule has 19 heavy (non-hydrogen) atoms. The van der Waals surface area contributed by atoms with Crippen LogP contribution in [0.25, 0.3) is 0 Å². The number of nitrogens with one attached hydrogen (secondary N) is 1. The predicted octanol–water partition coefficient (Wildman–Crippen LogP) is 2.36. The molecule has 0 aromatic heterocycles. The van der Waals surface area contributed by atoms with Gasteiger partial charge in [0.15, 0.2) is 0 Å². The summed E-state index contributed by atoms with van der Waals surface area (Å²) in [5, 5.41) is 2.60. The van der Waals surface area contributed by atoms with Crippen LogP contribution in [-0.2, 0) is 4.74 Å². The fourth-order valence-electron chi connectivity index (χ4n) is 1.54. The van der Waals surface area contributed by atoms with Gasteiger partial charge in [0.2, 0.25) is 0 Å². The first-order valence-corrected chi connectivity index (χ1v) is 6.43. The molecule has 1 amide bonds. The molecule has 0 radical (unpaired) electrons. The van der Waals surface area contributed by atoms with Crippen molar-refractivity contribution in [2.75, 3.05) is 13.2 Å². The van der Waals surface area contributed by atoms with E-state index in [2.05, 4.69) is 10.3 Å². The molecule has 1 N–H and O–H groups in total.